The lowest BCUT2D eigenvalue weighted by atomic mass is 10.2. The number of rotatable bonds is 0. The van der Waals surface area contributed by atoms with E-state index in [0.717, 1.165) is 10.2 Å². The zero-order chi connectivity index (χ0) is 7.84. The van der Waals surface area contributed by atoms with Crippen molar-refractivity contribution < 1.29 is 0 Å². The van der Waals surface area contributed by atoms with Gasteiger partial charge in [-0.15, -0.1) is 0 Å². The summed E-state index contributed by atoms with van der Waals surface area (Å²) in [5.41, 5.74) is 2.47. The zero-order valence-corrected chi connectivity index (χ0v) is 8.68. The van der Waals surface area contributed by atoms with Gasteiger partial charge in [0.25, 0.3) is 0 Å². The van der Waals surface area contributed by atoms with Crippen LogP contribution in [0.4, 0.5) is 0 Å². The molecule has 0 saturated carbocycles. The Hall–Kier alpha value is -1.09. The highest BCUT2D eigenvalue weighted by molar-refractivity contribution is 6.33. The van der Waals surface area contributed by atoms with Gasteiger partial charge in [-0.25, -0.2) is 0 Å². The Morgan fingerprint density at radius 3 is 3.09 bits per heavy atom. The van der Waals surface area contributed by atoms with Crippen LogP contribution in [0.2, 0.25) is 0 Å². The first-order valence-electron chi connectivity index (χ1n) is 3.68. The first kappa shape index (κ1) is 6.61. The minimum absolute atomic E-state index is 1.11. The Morgan fingerprint density at radius 1 is 1.45 bits per heavy atom. The maximum atomic E-state index is 3.99. The predicted octanol–water partition coefficient (Wildman–Crippen LogP) is -0.138. The maximum Gasteiger partial charge on any atom is 0.0679 e. The van der Waals surface area contributed by atoms with Crippen molar-refractivity contribution in [2.45, 2.75) is 6.92 Å². The van der Waals surface area contributed by atoms with Gasteiger partial charge in [0, 0.05) is 15.6 Å². The largest absolute Gasteiger partial charge is 0.278 e. The van der Waals surface area contributed by atoms with Crippen molar-refractivity contribution in [1.29, 1.82) is 0 Å². The van der Waals surface area contributed by atoms with Crippen LogP contribution in [0.1, 0.15) is 5.56 Å². The molecule has 0 spiro atoms. The van der Waals surface area contributed by atoms with Crippen LogP contribution in [0.3, 0.4) is 0 Å². The summed E-state index contributed by atoms with van der Waals surface area (Å²) in [5.74, 6) is 0. The van der Waals surface area contributed by atoms with Crippen LogP contribution in [0.5, 0.6) is 0 Å². The number of aromatic amines is 1. The van der Waals surface area contributed by atoms with Crippen molar-refractivity contribution in [2.75, 3.05) is 0 Å². The van der Waals surface area contributed by atoms with Crippen LogP contribution in [-0.4, -0.2) is 20.4 Å². The topological polar surface area (TPSA) is 28.7 Å². The molecule has 1 aromatic heterocycles. The Kier molecular flexibility index (Phi) is 1.32. The van der Waals surface area contributed by atoms with Crippen LogP contribution in [0.25, 0.3) is 10.9 Å². The SMILES string of the molecule is Cc1cc([SiH3])cc2cn[nH]c12. The molecule has 1 heterocycles. The van der Waals surface area contributed by atoms with Crippen molar-refractivity contribution in [3.8, 4) is 0 Å². The highest BCUT2D eigenvalue weighted by Crippen LogP contribution is 2.11. The molecule has 0 amide bonds. The Bertz CT molecular complexity index is 392. The molecule has 0 atom stereocenters. The van der Waals surface area contributed by atoms with Gasteiger partial charge in [0.1, 0.15) is 0 Å². The smallest absolute Gasteiger partial charge is 0.0679 e. The van der Waals surface area contributed by atoms with Crippen molar-refractivity contribution in [2.24, 2.45) is 0 Å². The van der Waals surface area contributed by atoms with Crippen LogP contribution in [0, 0.1) is 6.92 Å². The molecule has 0 unspecified atom stereocenters. The second-order valence-corrected chi connectivity index (χ2v) is 4.07. The minimum atomic E-state index is 1.11. The van der Waals surface area contributed by atoms with Crippen LogP contribution >= 0.6 is 0 Å². The van der Waals surface area contributed by atoms with E-state index in [1.165, 1.54) is 21.7 Å². The quantitative estimate of drug-likeness (QED) is 0.537. The third kappa shape index (κ3) is 0.972. The summed E-state index contributed by atoms with van der Waals surface area (Å²) in [5, 5.41) is 9.63. The lowest BCUT2D eigenvalue weighted by Crippen LogP contribution is -2.01. The lowest BCUT2D eigenvalue weighted by Gasteiger charge is -1.96. The molecule has 0 radical (unpaired) electrons. The zero-order valence-electron chi connectivity index (χ0n) is 6.68. The molecule has 0 aliphatic heterocycles. The number of aromatic nitrogens is 2. The molecular weight excluding hydrogens is 152 g/mol. The summed E-state index contributed by atoms with van der Waals surface area (Å²) in [6.07, 6.45) is 1.88. The van der Waals surface area contributed by atoms with E-state index in [1.54, 1.807) is 0 Å². The molecule has 1 N–H and O–H groups in total. The van der Waals surface area contributed by atoms with Gasteiger partial charge in [0.15, 0.2) is 0 Å². The van der Waals surface area contributed by atoms with E-state index in [0.29, 0.717) is 0 Å². The molecule has 0 saturated heterocycles. The first-order valence-corrected chi connectivity index (χ1v) is 4.68. The van der Waals surface area contributed by atoms with E-state index in [9.17, 15) is 0 Å². The molecule has 3 heteroatoms. The summed E-state index contributed by atoms with van der Waals surface area (Å²) < 4.78 is 0. The molecule has 0 bridgehead atoms. The average Bonchev–Trinajstić information content (AvgIpc) is 2.34. The summed E-state index contributed by atoms with van der Waals surface area (Å²) in [6.45, 7) is 2.11. The second-order valence-electron chi connectivity index (χ2n) is 2.92. The normalized spacial score (nSPS) is 11.0. The van der Waals surface area contributed by atoms with E-state index in [1.807, 2.05) is 6.20 Å². The standard InChI is InChI=1S/C8H10N2Si/c1-5-2-7(11)3-6-4-9-10-8(5)6/h2-4H,1,11H3,(H,9,10). The highest BCUT2D eigenvalue weighted by Gasteiger charge is 1.98. The van der Waals surface area contributed by atoms with Crippen molar-refractivity contribution >= 4 is 26.3 Å². The number of hydrogen-bond donors (Lipinski definition) is 1. The highest BCUT2D eigenvalue weighted by atomic mass is 28.1. The van der Waals surface area contributed by atoms with Gasteiger partial charge in [0.05, 0.1) is 11.7 Å². The first-order chi connectivity index (χ1) is 5.27. The van der Waals surface area contributed by atoms with Crippen molar-refractivity contribution in [1.82, 2.24) is 10.2 Å². The molecule has 2 nitrogen and oxygen atoms in total. The van der Waals surface area contributed by atoms with E-state index >= 15 is 0 Å². The van der Waals surface area contributed by atoms with Crippen LogP contribution in [0.15, 0.2) is 18.3 Å². The van der Waals surface area contributed by atoms with E-state index in [4.69, 9.17) is 0 Å². The number of fused-ring (bicyclic) bond motifs is 1. The van der Waals surface area contributed by atoms with Crippen molar-refractivity contribution in [3.63, 3.8) is 0 Å². The van der Waals surface area contributed by atoms with Gasteiger partial charge < -0.3 is 0 Å². The third-order valence-electron chi connectivity index (χ3n) is 1.89. The van der Waals surface area contributed by atoms with E-state index in [2.05, 4.69) is 29.3 Å². The van der Waals surface area contributed by atoms with Crippen LogP contribution < -0.4 is 5.19 Å². The lowest BCUT2D eigenvalue weighted by molar-refractivity contribution is 1.11. The molecule has 1 aromatic carbocycles. The second kappa shape index (κ2) is 2.20. The van der Waals surface area contributed by atoms with Crippen molar-refractivity contribution in [3.05, 3.63) is 23.9 Å². The molecule has 2 aromatic rings. The Morgan fingerprint density at radius 2 is 2.27 bits per heavy atom. The third-order valence-corrected chi connectivity index (χ3v) is 2.47. The van der Waals surface area contributed by atoms with Gasteiger partial charge in [-0.3, -0.25) is 5.10 Å². The fourth-order valence-electron chi connectivity index (χ4n) is 1.42. The number of hydrogen-bond acceptors (Lipinski definition) is 1. The molecule has 56 valence electrons. The number of nitrogens with one attached hydrogen (secondary N) is 1. The number of nitrogens with zero attached hydrogens (tertiary/aromatic N) is 1. The van der Waals surface area contributed by atoms with Crippen LogP contribution in [-0.2, 0) is 0 Å². The minimum Gasteiger partial charge on any atom is -0.278 e. The fraction of sp³-hybridized carbons (Fsp3) is 0.125. The number of benzene rings is 1. The molecule has 0 aliphatic carbocycles. The fourth-order valence-corrected chi connectivity index (χ4v) is 2.17. The summed E-state index contributed by atoms with van der Waals surface area (Å²) >= 11 is 0. The molecule has 0 aliphatic rings. The molecule has 0 fully saturated rings. The Labute approximate surface area is 68.0 Å². The number of H-pyrrole nitrogens is 1. The van der Waals surface area contributed by atoms with E-state index in [-0.39, 0.29) is 0 Å². The Balaban J connectivity index is 2.91. The average molecular weight is 162 g/mol. The molecular formula is C8H10N2Si. The molecule has 11 heavy (non-hydrogen) atoms. The van der Waals surface area contributed by atoms with Gasteiger partial charge in [-0.05, 0) is 12.5 Å². The van der Waals surface area contributed by atoms with Gasteiger partial charge >= 0.3 is 0 Å². The van der Waals surface area contributed by atoms with Gasteiger partial charge in [-0.2, -0.15) is 5.10 Å². The van der Waals surface area contributed by atoms with E-state index < -0.39 is 0 Å². The summed E-state index contributed by atoms with van der Waals surface area (Å²) in [4.78, 5) is 0. The molecule has 2 rings (SSSR count). The predicted molar refractivity (Wildman–Crippen MR) is 50.4 cm³/mol. The summed E-state index contributed by atoms with van der Waals surface area (Å²) in [6, 6.07) is 4.41. The summed E-state index contributed by atoms with van der Waals surface area (Å²) in [7, 11) is 1.11. The maximum absolute atomic E-state index is 3.99. The number of aryl methyl sites for hydroxylation is 1. The van der Waals surface area contributed by atoms with Gasteiger partial charge in [-0.1, -0.05) is 17.3 Å². The monoisotopic (exact) mass is 162 g/mol. The van der Waals surface area contributed by atoms with Gasteiger partial charge in [0.2, 0.25) is 0 Å².